The first-order valence-electron chi connectivity index (χ1n) is 14.4. The number of aromatic amines is 1. The van der Waals surface area contributed by atoms with Crippen molar-refractivity contribution in [1.29, 1.82) is 5.26 Å². The van der Waals surface area contributed by atoms with Crippen LogP contribution in [0.25, 0.3) is 11.0 Å². The van der Waals surface area contributed by atoms with E-state index < -0.39 is 5.41 Å². The van der Waals surface area contributed by atoms with Crippen LogP contribution in [0.4, 0.5) is 0 Å². The van der Waals surface area contributed by atoms with Crippen molar-refractivity contribution < 1.29 is 9.59 Å². The molecular formula is C32H35N5O3. The minimum atomic E-state index is -0.573. The maximum atomic E-state index is 13.8. The van der Waals surface area contributed by atoms with Crippen LogP contribution in [0.5, 0.6) is 0 Å². The van der Waals surface area contributed by atoms with Gasteiger partial charge in [-0.15, -0.1) is 0 Å². The van der Waals surface area contributed by atoms with Gasteiger partial charge in [0.05, 0.1) is 34.4 Å². The van der Waals surface area contributed by atoms with Gasteiger partial charge in [0.2, 0.25) is 11.8 Å². The van der Waals surface area contributed by atoms with Crippen molar-refractivity contribution in [1.82, 2.24) is 19.4 Å². The van der Waals surface area contributed by atoms with Gasteiger partial charge in [-0.1, -0.05) is 54.6 Å². The van der Waals surface area contributed by atoms with Gasteiger partial charge in [0.1, 0.15) is 0 Å². The van der Waals surface area contributed by atoms with E-state index in [1.165, 1.54) is 0 Å². The molecule has 1 aromatic heterocycles. The third-order valence-corrected chi connectivity index (χ3v) is 9.30. The van der Waals surface area contributed by atoms with Crippen LogP contribution in [0.2, 0.25) is 0 Å². The number of allylic oxidation sites excluding steroid dienone is 2. The molecule has 2 atom stereocenters. The molecule has 6 rings (SSSR count). The molecular weight excluding hydrogens is 502 g/mol. The van der Waals surface area contributed by atoms with Gasteiger partial charge in [0.25, 0.3) is 0 Å². The van der Waals surface area contributed by atoms with Gasteiger partial charge in [-0.05, 0) is 56.2 Å². The Bertz CT molecular complexity index is 1520. The van der Waals surface area contributed by atoms with E-state index in [1.54, 1.807) is 0 Å². The number of para-hydroxylation sites is 2. The summed E-state index contributed by atoms with van der Waals surface area (Å²) in [6.45, 7) is 2.18. The van der Waals surface area contributed by atoms with Crippen LogP contribution in [0, 0.1) is 23.2 Å². The minimum absolute atomic E-state index is 0.0301. The maximum absolute atomic E-state index is 13.8. The Labute approximate surface area is 233 Å². The fourth-order valence-electron chi connectivity index (χ4n) is 6.94. The van der Waals surface area contributed by atoms with Crippen LogP contribution in [0.1, 0.15) is 50.1 Å². The van der Waals surface area contributed by atoms with Crippen molar-refractivity contribution in [2.45, 2.75) is 50.0 Å². The Morgan fingerprint density at radius 1 is 0.825 bits per heavy atom. The van der Waals surface area contributed by atoms with Crippen LogP contribution in [-0.4, -0.2) is 57.3 Å². The lowest BCUT2D eigenvalue weighted by Gasteiger charge is -2.41. The van der Waals surface area contributed by atoms with Crippen LogP contribution in [0.3, 0.4) is 0 Å². The van der Waals surface area contributed by atoms with Gasteiger partial charge in [0, 0.05) is 32.2 Å². The number of nitrogens with one attached hydrogen (secondary N) is 1. The van der Waals surface area contributed by atoms with Crippen LogP contribution < -0.4 is 5.69 Å². The number of nitriles is 1. The topological polar surface area (TPSA) is 102 Å². The number of likely N-dealkylation sites (tertiary alicyclic amines) is 2. The zero-order chi connectivity index (χ0) is 27.7. The highest BCUT2D eigenvalue weighted by molar-refractivity contribution is 5.88. The molecule has 1 N–H and O–H groups in total. The number of nitrogens with zero attached hydrogens (tertiary/aromatic N) is 4. The standard InChI is InChI=1S/C32H35N5O3/c33-22-32(23-8-2-1-3-9-23)16-20-36(21-17-32)30(39)26-11-5-4-10-25(26)29(38)35-18-14-24(15-19-35)37-28-13-7-6-12-27(28)34-31(37)40/h1-9,12-13,24-26H,10-11,14-21H2,(H,34,40). The first kappa shape index (κ1) is 26.1. The molecule has 1 aliphatic carbocycles. The number of imidazole rings is 1. The fraction of sp³-hybridized carbons (Fsp3) is 0.438. The molecule has 0 radical (unpaired) electrons. The van der Waals surface area contributed by atoms with Crippen molar-refractivity contribution in [3.63, 3.8) is 0 Å². The van der Waals surface area contributed by atoms with Crippen molar-refractivity contribution >= 4 is 22.8 Å². The van der Waals surface area contributed by atoms with Crippen molar-refractivity contribution in [2.24, 2.45) is 11.8 Å². The number of amides is 2. The van der Waals surface area contributed by atoms with Gasteiger partial charge < -0.3 is 14.8 Å². The normalized spacial score (nSPS) is 23.2. The van der Waals surface area contributed by atoms with E-state index in [-0.39, 0.29) is 35.4 Å². The van der Waals surface area contributed by atoms with Crippen LogP contribution in [0.15, 0.2) is 71.5 Å². The second-order valence-corrected chi connectivity index (χ2v) is 11.4. The lowest BCUT2D eigenvalue weighted by Crippen LogP contribution is -2.51. The third-order valence-electron chi connectivity index (χ3n) is 9.30. The molecule has 2 fully saturated rings. The lowest BCUT2D eigenvalue weighted by molar-refractivity contribution is -0.148. The molecule has 3 aromatic rings. The number of benzene rings is 2. The Balaban J connectivity index is 1.11. The first-order chi connectivity index (χ1) is 19.5. The predicted octanol–water partition coefficient (Wildman–Crippen LogP) is 4.16. The van der Waals surface area contributed by atoms with Crippen molar-refractivity contribution in [3.05, 3.63) is 82.8 Å². The Morgan fingerprint density at radius 2 is 1.40 bits per heavy atom. The number of aromatic nitrogens is 2. The maximum Gasteiger partial charge on any atom is 0.326 e. The second kappa shape index (κ2) is 10.8. The predicted molar refractivity (Wildman–Crippen MR) is 152 cm³/mol. The quantitative estimate of drug-likeness (QED) is 0.505. The van der Waals surface area contributed by atoms with E-state index in [2.05, 4.69) is 11.1 Å². The van der Waals surface area contributed by atoms with Gasteiger partial charge in [-0.3, -0.25) is 14.2 Å². The average Bonchev–Trinajstić information content (AvgIpc) is 3.36. The minimum Gasteiger partial charge on any atom is -0.342 e. The molecule has 2 amide bonds. The number of carbonyl (C=O) groups excluding carboxylic acids is 2. The van der Waals surface area contributed by atoms with Gasteiger partial charge in [-0.25, -0.2) is 4.79 Å². The summed E-state index contributed by atoms with van der Waals surface area (Å²) in [4.78, 5) is 46.9. The first-order valence-corrected chi connectivity index (χ1v) is 14.4. The largest absolute Gasteiger partial charge is 0.342 e. The van der Waals surface area contributed by atoms with E-state index >= 15 is 0 Å². The molecule has 0 saturated carbocycles. The summed E-state index contributed by atoms with van der Waals surface area (Å²) < 4.78 is 1.83. The highest BCUT2D eigenvalue weighted by Gasteiger charge is 2.43. The summed E-state index contributed by atoms with van der Waals surface area (Å²) in [5.74, 6) is -0.679. The molecule has 8 heteroatoms. The highest BCUT2D eigenvalue weighted by Crippen LogP contribution is 2.37. The number of hydrogen-bond acceptors (Lipinski definition) is 4. The third kappa shape index (κ3) is 4.64. The summed E-state index contributed by atoms with van der Waals surface area (Å²) in [5, 5.41) is 10.0. The second-order valence-electron chi connectivity index (χ2n) is 11.4. The average molecular weight is 538 g/mol. The lowest BCUT2D eigenvalue weighted by atomic mass is 9.73. The molecule has 2 aliphatic heterocycles. The monoisotopic (exact) mass is 537 g/mol. The highest BCUT2D eigenvalue weighted by atomic mass is 16.2. The zero-order valence-electron chi connectivity index (χ0n) is 22.7. The molecule has 8 nitrogen and oxygen atoms in total. The molecule has 0 spiro atoms. The number of fused-ring (bicyclic) bond motifs is 1. The zero-order valence-corrected chi connectivity index (χ0v) is 22.7. The number of rotatable bonds is 4. The molecule has 206 valence electrons. The summed E-state index contributed by atoms with van der Waals surface area (Å²) in [7, 11) is 0. The molecule has 2 aromatic carbocycles. The molecule has 2 unspecified atom stereocenters. The van der Waals surface area contributed by atoms with Gasteiger partial charge >= 0.3 is 5.69 Å². The summed E-state index contributed by atoms with van der Waals surface area (Å²) in [6, 6.07) is 20.1. The van der Waals surface area contributed by atoms with Crippen molar-refractivity contribution in [2.75, 3.05) is 26.2 Å². The Kier molecular flexibility index (Phi) is 7.05. The van der Waals surface area contributed by atoms with E-state index in [0.29, 0.717) is 64.7 Å². The SMILES string of the molecule is N#CC1(c2ccccc2)CCN(C(=O)C2CC=CCC2C(=O)N2CCC(n3c(=O)[nH]c4ccccc43)CC2)CC1. The summed E-state index contributed by atoms with van der Waals surface area (Å²) in [6.07, 6.45) is 7.79. The summed E-state index contributed by atoms with van der Waals surface area (Å²) >= 11 is 0. The fourth-order valence-corrected chi connectivity index (χ4v) is 6.94. The van der Waals surface area contributed by atoms with Gasteiger partial charge in [-0.2, -0.15) is 5.26 Å². The van der Waals surface area contributed by atoms with Crippen LogP contribution >= 0.6 is 0 Å². The number of piperidine rings is 2. The number of carbonyl (C=O) groups is 2. The molecule has 40 heavy (non-hydrogen) atoms. The molecule has 0 bridgehead atoms. The summed E-state index contributed by atoms with van der Waals surface area (Å²) in [5.41, 5.74) is 2.06. The van der Waals surface area contributed by atoms with Crippen molar-refractivity contribution in [3.8, 4) is 6.07 Å². The molecule has 3 aliphatic rings. The number of H-pyrrole nitrogens is 1. The van der Waals surface area contributed by atoms with E-state index in [0.717, 1.165) is 16.6 Å². The van der Waals surface area contributed by atoms with Gasteiger partial charge in [0.15, 0.2) is 0 Å². The van der Waals surface area contributed by atoms with E-state index in [4.69, 9.17) is 0 Å². The number of hydrogen-bond donors (Lipinski definition) is 1. The molecule has 2 saturated heterocycles. The smallest absolute Gasteiger partial charge is 0.326 e. The Hall–Kier alpha value is -4.12. The van der Waals surface area contributed by atoms with E-state index in [9.17, 15) is 19.6 Å². The van der Waals surface area contributed by atoms with E-state index in [1.807, 2.05) is 81.1 Å². The van der Waals surface area contributed by atoms with Crippen LogP contribution in [-0.2, 0) is 15.0 Å². The molecule has 3 heterocycles. The Morgan fingerprint density at radius 3 is 2.02 bits per heavy atom.